The molecular weight excluding hydrogens is 378 g/mol. The first-order chi connectivity index (χ1) is 13.2. The first-order valence-electron chi connectivity index (χ1n) is 8.46. The molecule has 3 aromatic rings. The summed E-state index contributed by atoms with van der Waals surface area (Å²) in [6.07, 6.45) is 4.58. The molecule has 7 nitrogen and oxygen atoms in total. The molecule has 0 saturated heterocycles. The van der Waals surface area contributed by atoms with Crippen molar-refractivity contribution >= 4 is 15.7 Å². The second kappa shape index (κ2) is 7.77. The van der Waals surface area contributed by atoms with Crippen LogP contribution >= 0.6 is 0 Å². The molecule has 0 aliphatic heterocycles. The van der Waals surface area contributed by atoms with Gasteiger partial charge in [-0.05, 0) is 35.4 Å². The highest BCUT2D eigenvalue weighted by molar-refractivity contribution is 7.90. The Balaban J connectivity index is 1.97. The van der Waals surface area contributed by atoms with Crippen LogP contribution in [0.2, 0.25) is 0 Å². The predicted molar refractivity (Wildman–Crippen MR) is 105 cm³/mol. The van der Waals surface area contributed by atoms with Crippen molar-refractivity contribution in [1.82, 2.24) is 9.55 Å². The van der Waals surface area contributed by atoms with Crippen molar-refractivity contribution in [2.45, 2.75) is 17.9 Å². The number of pyridine rings is 2. The summed E-state index contributed by atoms with van der Waals surface area (Å²) in [5, 5.41) is 0. The van der Waals surface area contributed by atoms with Crippen molar-refractivity contribution in [1.29, 1.82) is 0 Å². The van der Waals surface area contributed by atoms with Crippen molar-refractivity contribution in [2.24, 2.45) is 5.73 Å². The molecule has 144 valence electrons. The molecular formula is C20H19N3O4S. The molecule has 1 aromatic carbocycles. The molecule has 2 N–H and O–H groups in total. The summed E-state index contributed by atoms with van der Waals surface area (Å²) in [4.78, 5) is 27.6. The maximum Gasteiger partial charge on any atom is 0.250 e. The smallest absolute Gasteiger partial charge is 0.250 e. The van der Waals surface area contributed by atoms with E-state index in [2.05, 4.69) is 4.98 Å². The lowest BCUT2D eigenvalue weighted by Gasteiger charge is -2.12. The van der Waals surface area contributed by atoms with Gasteiger partial charge < -0.3 is 10.3 Å². The van der Waals surface area contributed by atoms with E-state index in [4.69, 9.17) is 5.73 Å². The SMILES string of the molecule is CS(=O)(=O)c1cc(Cc2cc(C(N)=O)ccn2)ccc1Cn1ccccc1=O. The summed E-state index contributed by atoms with van der Waals surface area (Å²) < 4.78 is 26.1. The van der Waals surface area contributed by atoms with Crippen molar-refractivity contribution < 1.29 is 13.2 Å². The summed E-state index contributed by atoms with van der Waals surface area (Å²) in [7, 11) is -3.51. The van der Waals surface area contributed by atoms with Crippen molar-refractivity contribution in [3.05, 3.63) is 93.7 Å². The van der Waals surface area contributed by atoms with E-state index < -0.39 is 15.7 Å². The molecule has 0 radical (unpaired) electrons. The zero-order chi connectivity index (χ0) is 20.3. The van der Waals surface area contributed by atoms with Crippen LogP contribution in [-0.4, -0.2) is 30.1 Å². The van der Waals surface area contributed by atoms with E-state index in [-0.39, 0.29) is 17.0 Å². The van der Waals surface area contributed by atoms with Crippen LogP contribution in [0, 0.1) is 0 Å². The molecule has 8 heteroatoms. The first kappa shape index (κ1) is 19.5. The monoisotopic (exact) mass is 397 g/mol. The number of carbonyl (C=O) groups is 1. The number of aromatic nitrogens is 2. The highest BCUT2D eigenvalue weighted by Gasteiger charge is 2.15. The molecule has 0 spiro atoms. The van der Waals surface area contributed by atoms with Gasteiger partial charge in [-0.15, -0.1) is 0 Å². The topological polar surface area (TPSA) is 112 Å². The normalized spacial score (nSPS) is 11.3. The van der Waals surface area contributed by atoms with Gasteiger partial charge in [-0.1, -0.05) is 18.2 Å². The lowest BCUT2D eigenvalue weighted by Crippen LogP contribution is -2.19. The van der Waals surface area contributed by atoms with Gasteiger partial charge in [-0.2, -0.15) is 0 Å². The number of benzene rings is 1. The second-order valence-corrected chi connectivity index (χ2v) is 8.44. The van der Waals surface area contributed by atoms with Gasteiger partial charge in [0.15, 0.2) is 9.84 Å². The average molecular weight is 397 g/mol. The Kier molecular flexibility index (Phi) is 5.41. The van der Waals surface area contributed by atoms with Crippen LogP contribution in [0.15, 0.2) is 70.6 Å². The van der Waals surface area contributed by atoms with Crippen LogP contribution in [-0.2, 0) is 22.8 Å². The molecule has 28 heavy (non-hydrogen) atoms. The Hall–Kier alpha value is -3.26. The highest BCUT2D eigenvalue weighted by Crippen LogP contribution is 2.20. The number of nitrogens with zero attached hydrogens (tertiary/aromatic N) is 2. The lowest BCUT2D eigenvalue weighted by atomic mass is 10.1. The largest absolute Gasteiger partial charge is 0.366 e. The fourth-order valence-corrected chi connectivity index (χ4v) is 3.87. The van der Waals surface area contributed by atoms with Gasteiger partial charge in [0.2, 0.25) is 5.91 Å². The fourth-order valence-electron chi connectivity index (χ4n) is 2.90. The van der Waals surface area contributed by atoms with Gasteiger partial charge >= 0.3 is 0 Å². The van der Waals surface area contributed by atoms with E-state index in [9.17, 15) is 18.0 Å². The zero-order valence-electron chi connectivity index (χ0n) is 15.2. The Morgan fingerprint density at radius 1 is 1.14 bits per heavy atom. The number of sulfone groups is 1. The molecule has 0 atom stereocenters. The van der Waals surface area contributed by atoms with Crippen LogP contribution < -0.4 is 11.3 Å². The van der Waals surface area contributed by atoms with Crippen molar-refractivity contribution in [2.75, 3.05) is 6.26 Å². The number of rotatable bonds is 6. The number of nitrogens with two attached hydrogens (primary N) is 1. The van der Waals surface area contributed by atoms with E-state index in [1.54, 1.807) is 42.6 Å². The third kappa shape index (κ3) is 4.52. The molecule has 0 fully saturated rings. The third-order valence-corrected chi connectivity index (χ3v) is 5.44. The van der Waals surface area contributed by atoms with E-state index in [1.165, 1.54) is 22.9 Å². The summed E-state index contributed by atoms with van der Waals surface area (Å²) in [5.74, 6) is -0.552. The molecule has 0 bridgehead atoms. The van der Waals surface area contributed by atoms with Crippen molar-refractivity contribution in [3.8, 4) is 0 Å². The molecule has 1 amide bonds. The summed E-state index contributed by atoms with van der Waals surface area (Å²) in [5.41, 5.74) is 7.27. The van der Waals surface area contributed by atoms with Crippen LogP contribution in [0.1, 0.15) is 27.2 Å². The Morgan fingerprint density at radius 3 is 2.61 bits per heavy atom. The number of amides is 1. The zero-order valence-corrected chi connectivity index (χ0v) is 16.0. The van der Waals surface area contributed by atoms with Gasteiger partial charge in [-0.25, -0.2) is 8.42 Å². The summed E-state index contributed by atoms with van der Waals surface area (Å²) in [6, 6.07) is 12.9. The van der Waals surface area contributed by atoms with Crippen LogP contribution in [0.5, 0.6) is 0 Å². The molecule has 0 aliphatic rings. The molecule has 2 heterocycles. The van der Waals surface area contributed by atoms with Crippen LogP contribution in [0.4, 0.5) is 0 Å². The highest BCUT2D eigenvalue weighted by atomic mass is 32.2. The Labute approximate surface area is 162 Å². The number of hydrogen-bond donors (Lipinski definition) is 1. The molecule has 2 aromatic heterocycles. The molecule has 0 unspecified atom stereocenters. The standard InChI is InChI=1S/C20H19N3O4S/c1-28(26,27)18-11-14(10-17-12-15(20(21)25)7-8-22-17)5-6-16(18)13-23-9-3-2-4-19(23)24/h2-9,11-12H,10,13H2,1H3,(H2,21,25). The van der Waals surface area contributed by atoms with E-state index in [1.807, 2.05) is 0 Å². The quantitative estimate of drug-likeness (QED) is 0.675. The maximum atomic E-state index is 12.3. The summed E-state index contributed by atoms with van der Waals surface area (Å²) >= 11 is 0. The minimum atomic E-state index is -3.51. The molecule has 0 aliphatic carbocycles. The van der Waals surface area contributed by atoms with Gasteiger partial charge in [0, 0.05) is 42.4 Å². The van der Waals surface area contributed by atoms with Gasteiger partial charge in [0.05, 0.1) is 11.4 Å². The maximum absolute atomic E-state index is 12.3. The number of carbonyl (C=O) groups excluding carboxylic acids is 1. The summed E-state index contributed by atoms with van der Waals surface area (Å²) in [6.45, 7) is 0.151. The van der Waals surface area contributed by atoms with Gasteiger partial charge in [-0.3, -0.25) is 14.6 Å². The molecule has 0 saturated carbocycles. The Morgan fingerprint density at radius 2 is 1.93 bits per heavy atom. The number of hydrogen-bond acceptors (Lipinski definition) is 5. The third-order valence-electron chi connectivity index (χ3n) is 4.26. The first-order valence-corrected chi connectivity index (χ1v) is 10.4. The minimum absolute atomic E-state index is 0.151. The number of primary amides is 1. The van der Waals surface area contributed by atoms with Gasteiger partial charge in [0.1, 0.15) is 0 Å². The molecule has 3 rings (SSSR count). The van der Waals surface area contributed by atoms with E-state index >= 15 is 0 Å². The predicted octanol–water partition coefficient (Wildman–Crippen LogP) is 1.38. The van der Waals surface area contributed by atoms with Crippen molar-refractivity contribution in [3.63, 3.8) is 0 Å². The van der Waals surface area contributed by atoms with E-state index in [0.29, 0.717) is 23.2 Å². The second-order valence-electron chi connectivity index (χ2n) is 6.46. The van der Waals surface area contributed by atoms with Crippen LogP contribution in [0.3, 0.4) is 0 Å². The van der Waals surface area contributed by atoms with E-state index in [0.717, 1.165) is 11.8 Å². The Bertz CT molecular complexity index is 1200. The minimum Gasteiger partial charge on any atom is -0.366 e. The average Bonchev–Trinajstić information content (AvgIpc) is 2.64. The fraction of sp³-hybridized carbons (Fsp3) is 0.150. The lowest BCUT2D eigenvalue weighted by molar-refractivity contribution is 0.1000. The van der Waals surface area contributed by atoms with Crippen LogP contribution in [0.25, 0.3) is 0 Å². The van der Waals surface area contributed by atoms with Gasteiger partial charge in [0.25, 0.3) is 5.56 Å².